The first-order valence-electron chi connectivity index (χ1n) is 8.31. The number of fused-ring (bicyclic) bond motifs is 1. The van der Waals surface area contributed by atoms with Crippen molar-refractivity contribution in [3.8, 4) is 0 Å². The van der Waals surface area contributed by atoms with E-state index in [9.17, 15) is 9.59 Å². The van der Waals surface area contributed by atoms with Gasteiger partial charge in [-0.05, 0) is 12.3 Å². The average Bonchev–Trinajstić information content (AvgIpc) is 3.07. The molecule has 0 saturated carbocycles. The Morgan fingerprint density at radius 2 is 2.32 bits per heavy atom. The van der Waals surface area contributed by atoms with E-state index in [0.29, 0.717) is 25.6 Å². The fraction of sp³-hybridized carbons (Fsp3) is 0.765. The third-order valence-corrected chi connectivity index (χ3v) is 4.78. The van der Waals surface area contributed by atoms with Crippen LogP contribution >= 0.6 is 0 Å². The molecule has 2 saturated heterocycles. The van der Waals surface area contributed by atoms with Gasteiger partial charge in [0.15, 0.2) is 0 Å². The first-order valence-corrected chi connectivity index (χ1v) is 8.31. The molecule has 2 bridgehead atoms. The van der Waals surface area contributed by atoms with Crippen LogP contribution in [0.5, 0.6) is 0 Å². The van der Waals surface area contributed by atoms with E-state index in [1.54, 1.807) is 0 Å². The summed E-state index contributed by atoms with van der Waals surface area (Å²) >= 11 is 0. The van der Waals surface area contributed by atoms with Gasteiger partial charge in [0.05, 0.1) is 25.2 Å². The van der Waals surface area contributed by atoms with Gasteiger partial charge in [0.25, 0.3) is 0 Å². The number of esters is 1. The Hall–Kier alpha value is -1.36. The zero-order valence-corrected chi connectivity index (χ0v) is 13.6. The molecule has 1 amide bonds. The Balaban J connectivity index is 1.76. The average molecular weight is 307 g/mol. The van der Waals surface area contributed by atoms with Crippen LogP contribution in [-0.4, -0.2) is 48.2 Å². The van der Waals surface area contributed by atoms with Gasteiger partial charge in [-0.25, -0.2) is 0 Å². The Morgan fingerprint density at radius 3 is 3.00 bits per heavy atom. The number of amides is 1. The van der Waals surface area contributed by atoms with Gasteiger partial charge in [0.1, 0.15) is 11.5 Å². The molecule has 0 N–H and O–H groups in total. The highest BCUT2D eigenvalue weighted by atomic mass is 16.6. The zero-order valence-electron chi connectivity index (χ0n) is 13.6. The normalized spacial score (nSPS) is 35.5. The molecule has 0 aliphatic carbocycles. The summed E-state index contributed by atoms with van der Waals surface area (Å²) in [7, 11) is 0. The maximum absolute atomic E-state index is 12.8. The van der Waals surface area contributed by atoms with Gasteiger partial charge >= 0.3 is 5.97 Å². The predicted octanol–water partition coefficient (Wildman–Crippen LogP) is 1.77. The first kappa shape index (κ1) is 15.5. The minimum absolute atomic E-state index is 0.0398. The monoisotopic (exact) mass is 307 g/mol. The van der Waals surface area contributed by atoms with Crippen LogP contribution in [0.3, 0.4) is 0 Å². The molecule has 22 heavy (non-hydrogen) atoms. The molecule has 3 rings (SSSR count). The van der Waals surface area contributed by atoms with Crippen LogP contribution in [0, 0.1) is 17.8 Å². The lowest BCUT2D eigenvalue weighted by atomic mass is 9.77. The van der Waals surface area contributed by atoms with Crippen molar-refractivity contribution in [2.75, 3.05) is 19.7 Å². The molecule has 0 radical (unpaired) electrons. The zero-order chi connectivity index (χ0) is 15.9. The minimum atomic E-state index is -0.606. The minimum Gasteiger partial charge on any atom is -0.465 e. The molecular formula is C17H25NO4. The number of likely N-dealkylation sites (tertiary alicyclic amines) is 1. The number of unbranched alkanes of at least 4 members (excludes halogenated alkanes) is 1. The van der Waals surface area contributed by atoms with Gasteiger partial charge in [0, 0.05) is 6.54 Å². The van der Waals surface area contributed by atoms with Crippen molar-refractivity contribution in [1.82, 2.24) is 4.90 Å². The first-order chi connectivity index (χ1) is 10.5. The second kappa shape index (κ2) is 5.69. The molecular weight excluding hydrogens is 282 g/mol. The lowest BCUT2D eigenvalue weighted by Crippen LogP contribution is -2.40. The van der Waals surface area contributed by atoms with Crippen molar-refractivity contribution < 1.29 is 19.1 Å². The van der Waals surface area contributed by atoms with E-state index < -0.39 is 17.4 Å². The maximum atomic E-state index is 12.8. The number of hydrogen-bond donors (Lipinski definition) is 0. The number of ether oxygens (including phenoxy) is 2. The fourth-order valence-corrected chi connectivity index (χ4v) is 3.86. The Kier molecular flexibility index (Phi) is 4.02. The number of hydrogen-bond acceptors (Lipinski definition) is 4. The molecule has 0 aromatic rings. The topological polar surface area (TPSA) is 55.8 Å². The van der Waals surface area contributed by atoms with Gasteiger partial charge in [-0.1, -0.05) is 39.3 Å². The van der Waals surface area contributed by atoms with Crippen molar-refractivity contribution in [2.45, 2.75) is 45.3 Å². The molecule has 1 spiro atoms. The highest BCUT2D eigenvalue weighted by Gasteiger charge is 2.67. The van der Waals surface area contributed by atoms with Crippen LogP contribution in [0.15, 0.2) is 12.2 Å². The largest absolute Gasteiger partial charge is 0.465 e. The maximum Gasteiger partial charge on any atom is 0.312 e. The summed E-state index contributed by atoms with van der Waals surface area (Å²) in [5.74, 6) is -0.732. The summed E-state index contributed by atoms with van der Waals surface area (Å²) in [6.07, 6.45) is 5.43. The smallest absolute Gasteiger partial charge is 0.312 e. The van der Waals surface area contributed by atoms with Crippen molar-refractivity contribution in [3.05, 3.63) is 12.2 Å². The summed E-state index contributed by atoms with van der Waals surface area (Å²) in [6, 6.07) is 0. The van der Waals surface area contributed by atoms with Gasteiger partial charge < -0.3 is 14.4 Å². The van der Waals surface area contributed by atoms with Crippen LogP contribution in [-0.2, 0) is 19.1 Å². The highest BCUT2D eigenvalue weighted by Crippen LogP contribution is 2.52. The van der Waals surface area contributed by atoms with E-state index in [1.807, 2.05) is 17.1 Å². The summed E-state index contributed by atoms with van der Waals surface area (Å²) in [5, 5.41) is 0. The van der Waals surface area contributed by atoms with Crippen molar-refractivity contribution >= 4 is 11.9 Å². The molecule has 0 aromatic carbocycles. The predicted molar refractivity (Wildman–Crippen MR) is 81.0 cm³/mol. The van der Waals surface area contributed by atoms with Crippen LogP contribution in [0.2, 0.25) is 0 Å². The second-order valence-corrected chi connectivity index (χ2v) is 7.03. The van der Waals surface area contributed by atoms with Crippen LogP contribution in [0.25, 0.3) is 0 Å². The summed E-state index contributed by atoms with van der Waals surface area (Å²) in [6.45, 7) is 7.91. The number of rotatable bonds is 6. The number of carbonyl (C=O) groups excluding carboxylic acids is 2. The molecule has 2 fully saturated rings. The van der Waals surface area contributed by atoms with E-state index in [0.717, 1.165) is 12.8 Å². The molecule has 4 atom stereocenters. The Labute approximate surface area is 131 Å². The summed E-state index contributed by atoms with van der Waals surface area (Å²) < 4.78 is 11.4. The SMILES string of the molecule is CCCCOC(=O)[C@@H]1[C@@H]2C=CC3(CN(CC(C)C)C(=O)[C@H]13)O2. The van der Waals surface area contributed by atoms with Crippen molar-refractivity contribution in [3.63, 3.8) is 0 Å². The molecule has 3 aliphatic heterocycles. The quantitative estimate of drug-likeness (QED) is 0.426. The standard InChI is InChI=1S/C17H25NO4/c1-4-5-8-21-16(20)13-12-6-7-17(22-12)10-18(9-11(2)3)15(19)14(13)17/h6-7,11-14H,4-5,8-10H2,1-3H3/t12-,13+,14-,17?/m0/s1. The van der Waals surface area contributed by atoms with Gasteiger partial charge in [-0.15, -0.1) is 0 Å². The molecule has 1 unspecified atom stereocenters. The third kappa shape index (κ3) is 2.35. The third-order valence-electron chi connectivity index (χ3n) is 4.78. The van der Waals surface area contributed by atoms with Crippen LogP contribution in [0.4, 0.5) is 0 Å². The van der Waals surface area contributed by atoms with Gasteiger partial charge in [-0.2, -0.15) is 0 Å². The highest BCUT2D eigenvalue weighted by molar-refractivity contribution is 5.91. The molecule has 5 nitrogen and oxygen atoms in total. The van der Waals surface area contributed by atoms with E-state index in [-0.39, 0.29) is 18.0 Å². The summed E-state index contributed by atoms with van der Waals surface area (Å²) in [4.78, 5) is 27.0. The molecule has 3 aliphatic rings. The van der Waals surface area contributed by atoms with Gasteiger partial charge in [-0.3, -0.25) is 9.59 Å². The molecule has 5 heteroatoms. The molecule has 122 valence electrons. The van der Waals surface area contributed by atoms with E-state index >= 15 is 0 Å². The summed E-state index contributed by atoms with van der Waals surface area (Å²) in [5.41, 5.74) is -0.606. The lowest BCUT2D eigenvalue weighted by Gasteiger charge is -2.22. The Bertz CT molecular complexity index is 501. The number of carbonyl (C=O) groups is 2. The molecule has 3 heterocycles. The van der Waals surface area contributed by atoms with Crippen LogP contribution < -0.4 is 0 Å². The van der Waals surface area contributed by atoms with Gasteiger partial charge in [0.2, 0.25) is 5.91 Å². The Morgan fingerprint density at radius 1 is 1.55 bits per heavy atom. The second-order valence-electron chi connectivity index (χ2n) is 7.03. The van der Waals surface area contributed by atoms with Crippen molar-refractivity contribution in [1.29, 1.82) is 0 Å². The fourth-order valence-electron chi connectivity index (χ4n) is 3.86. The van der Waals surface area contributed by atoms with E-state index in [2.05, 4.69) is 20.8 Å². The van der Waals surface area contributed by atoms with E-state index in [4.69, 9.17) is 9.47 Å². The van der Waals surface area contributed by atoms with Crippen LogP contribution in [0.1, 0.15) is 33.6 Å². The van der Waals surface area contributed by atoms with Crippen molar-refractivity contribution in [2.24, 2.45) is 17.8 Å². The number of nitrogens with zero attached hydrogens (tertiary/aromatic N) is 1. The molecule has 0 aromatic heterocycles. The van der Waals surface area contributed by atoms with E-state index in [1.165, 1.54) is 0 Å². The lowest BCUT2D eigenvalue weighted by molar-refractivity contribution is -0.154.